The van der Waals surface area contributed by atoms with Crippen molar-refractivity contribution < 1.29 is 22.4 Å². The van der Waals surface area contributed by atoms with Crippen LogP contribution in [0.1, 0.15) is 28.8 Å². The summed E-state index contributed by atoms with van der Waals surface area (Å²) in [7, 11) is 0. The summed E-state index contributed by atoms with van der Waals surface area (Å²) in [6.45, 7) is 1.99. The van der Waals surface area contributed by atoms with Gasteiger partial charge in [-0.1, -0.05) is 6.07 Å². The fourth-order valence-electron chi connectivity index (χ4n) is 2.36. The molecular formula is C14H17ClF4N2O. The summed E-state index contributed by atoms with van der Waals surface area (Å²) in [6, 6.07) is 2.71. The van der Waals surface area contributed by atoms with Crippen LogP contribution in [0, 0.1) is 11.7 Å². The number of halogens is 5. The molecule has 8 heteroatoms. The van der Waals surface area contributed by atoms with Crippen LogP contribution in [0.25, 0.3) is 0 Å². The number of hydrogen-bond acceptors (Lipinski definition) is 2. The van der Waals surface area contributed by atoms with Crippen LogP contribution in [0.15, 0.2) is 18.2 Å². The molecule has 1 aromatic carbocycles. The Balaban J connectivity index is 0.00000242. The Hall–Kier alpha value is -1.34. The monoisotopic (exact) mass is 340 g/mol. The zero-order valence-electron chi connectivity index (χ0n) is 11.7. The molecule has 0 saturated carbocycles. The van der Waals surface area contributed by atoms with E-state index in [1.54, 1.807) is 0 Å². The Morgan fingerprint density at radius 2 is 2.09 bits per heavy atom. The van der Waals surface area contributed by atoms with Crippen LogP contribution in [0.3, 0.4) is 0 Å². The molecule has 2 N–H and O–H groups in total. The number of rotatable bonds is 3. The SMILES string of the molecule is Cl.O=C(NCC1CCCNC1)c1cccc(C(F)(F)F)c1F. The minimum absolute atomic E-state index is 0. The molecule has 0 aromatic heterocycles. The summed E-state index contributed by atoms with van der Waals surface area (Å²) in [4.78, 5) is 11.8. The predicted molar refractivity (Wildman–Crippen MR) is 76.6 cm³/mol. The summed E-state index contributed by atoms with van der Waals surface area (Å²) >= 11 is 0. The summed E-state index contributed by atoms with van der Waals surface area (Å²) in [6.07, 6.45) is -2.90. The Morgan fingerprint density at radius 3 is 2.68 bits per heavy atom. The summed E-state index contributed by atoms with van der Waals surface area (Å²) in [5.74, 6) is -2.12. The van der Waals surface area contributed by atoms with Gasteiger partial charge in [-0.15, -0.1) is 12.4 Å². The fourth-order valence-corrected chi connectivity index (χ4v) is 2.36. The van der Waals surface area contributed by atoms with Crippen molar-refractivity contribution >= 4 is 18.3 Å². The number of carbonyl (C=O) groups is 1. The van der Waals surface area contributed by atoms with Gasteiger partial charge in [-0.3, -0.25) is 4.79 Å². The number of carbonyl (C=O) groups excluding carboxylic acids is 1. The van der Waals surface area contributed by atoms with Crippen molar-refractivity contribution in [1.82, 2.24) is 10.6 Å². The van der Waals surface area contributed by atoms with E-state index in [1.165, 1.54) is 0 Å². The van der Waals surface area contributed by atoms with Gasteiger partial charge in [0.1, 0.15) is 5.82 Å². The molecule has 0 radical (unpaired) electrons. The van der Waals surface area contributed by atoms with E-state index in [9.17, 15) is 22.4 Å². The first-order valence-corrected chi connectivity index (χ1v) is 6.74. The van der Waals surface area contributed by atoms with Gasteiger partial charge in [-0.05, 0) is 44.0 Å². The molecule has 22 heavy (non-hydrogen) atoms. The maximum absolute atomic E-state index is 13.8. The predicted octanol–water partition coefficient (Wildman–Crippen LogP) is 3.00. The Labute approximate surface area is 131 Å². The van der Waals surface area contributed by atoms with Crippen molar-refractivity contribution in [2.24, 2.45) is 5.92 Å². The third-order valence-electron chi connectivity index (χ3n) is 3.50. The Kier molecular flexibility index (Phi) is 6.62. The summed E-state index contributed by atoms with van der Waals surface area (Å²) in [5, 5.41) is 5.67. The highest BCUT2D eigenvalue weighted by Gasteiger charge is 2.35. The maximum atomic E-state index is 13.8. The minimum atomic E-state index is -4.81. The van der Waals surface area contributed by atoms with Gasteiger partial charge < -0.3 is 10.6 Å². The summed E-state index contributed by atoms with van der Waals surface area (Å²) < 4.78 is 51.6. The first-order valence-electron chi connectivity index (χ1n) is 6.74. The number of hydrogen-bond donors (Lipinski definition) is 2. The summed E-state index contributed by atoms with van der Waals surface area (Å²) in [5.41, 5.74) is -2.00. The average Bonchev–Trinajstić information content (AvgIpc) is 2.45. The third-order valence-corrected chi connectivity index (χ3v) is 3.50. The van der Waals surface area contributed by atoms with Gasteiger partial charge in [-0.2, -0.15) is 13.2 Å². The van der Waals surface area contributed by atoms with Crippen molar-refractivity contribution in [2.75, 3.05) is 19.6 Å². The zero-order chi connectivity index (χ0) is 15.5. The van der Waals surface area contributed by atoms with Gasteiger partial charge in [-0.25, -0.2) is 4.39 Å². The van der Waals surface area contributed by atoms with Crippen molar-refractivity contribution in [1.29, 1.82) is 0 Å². The lowest BCUT2D eigenvalue weighted by molar-refractivity contribution is -0.140. The molecule has 1 aliphatic heterocycles. The molecule has 1 fully saturated rings. The quantitative estimate of drug-likeness (QED) is 0.831. The Bertz CT molecular complexity index is 516. The highest BCUT2D eigenvalue weighted by Crippen LogP contribution is 2.32. The molecule has 0 spiro atoms. The van der Waals surface area contributed by atoms with E-state index in [0.29, 0.717) is 12.6 Å². The van der Waals surface area contributed by atoms with Crippen molar-refractivity contribution in [3.05, 3.63) is 35.1 Å². The second kappa shape index (κ2) is 7.78. The molecule has 3 nitrogen and oxygen atoms in total. The molecule has 0 bridgehead atoms. The van der Waals surface area contributed by atoms with Gasteiger partial charge in [0, 0.05) is 6.54 Å². The molecule has 2 rings (SSSR count). The third kappa shape index (κ3) is 4.58. The molecule has 1 aliphatic rings. The van der Waals surface area contributed by atoms with Gasteiger partial charge in [0.05, 0.1) is 11.1 Å². The number of benzene rings is 1. The second-order valence-corrected chi connectivity index (χ2v) is 5.09. The molecule has 1 amide bonds. The van der Waals surface area contributed by atoms with E-state index >= 15 is 0 Å². The molecule has 1 unspecified atom stereocenters. The topological polar surface area (TPSA) is 41.1 Å². The maximum Gasteiger partial charge on any atom is 0.419 e. The lowest BCUT2D eigenvalue weighted by Crippen LogP contribution is -2.38. The van der Waals surface area contributed by atoms with Gasteiger partial charge in [0.25, 0.3) is 5.91 Å². The van der Waals surface area contributed by atoms with Crippen LogP contribution in [0.2, 0.25) is 0 Å². The number of amides is 1. The van der Waals surface area contributed by atoms with Crippen LogP contribution in [0.5, 0.6) is 0 Å². The molecule has 1 saturated heterocycles. The molecular weight excluding hydrogens is 324 g/mol. The van der Waals surface area contributed by atoms with Gasteiger partial charge in [0.2, 0.25) is 0 Å². The highest BCUT2D eigenvalue weighted by molar-refractivity contribution is 5.94. The minimum Gasteiger partial charge on any atom is -0.352 e. The van der Waals surface area contributed by atoms with E-state index in [4.69, 9.17) is 0 Å². The molecule has 1 heterocycles. The smallest absolute Gasteiger partial charge is 0.352 e. The zero-order valence-corrected chi connectivity index (χ0v) is 12.5. The van der Waals surface area contributed by atoms with Gasteiger partial charge >= 0.3 is 6.18 Å². The van der Waals surface area contributed by atoms with Crippen molar-refractivity contribution in [3.63, 3.8) is 0 Å². The van der Waals surface area contributed by atoms with E-state index in [1.807, 2.05) is 0 Å². The number of piperidine rings is 1. The molecule has 124 valence electrons. The lowest BCUT2D eigenvalue weighted by atomic mass is 9.99. The van der Waals surface area contributed by atoms with E-state index in [0.717, 1.165) is 38.1 Å². The van der Waals surface area contributed by atoms with Crippen LogP contribution < -0.4 is 10.6 Å². The van der Waals surface area contributed by atoms with Gasteiger partial charge in [0.15, 0.2) is 0 Å². The van der Waals surface area contributed by atoms with Crippen LogP contribution in [0.4, 0.5) is 17.6 Å². The fraction of sp³-hybridized carbons (Fsp3) is 0.500. The standard InChI is InChI=1S/C14H16F4N2O.ClH/c15-12-10(4-1-5-11(12)14(16,17)18)13(21)20-8-9-3-2-6-19-7-9;/h1,4-5,9,19H,2-3,6-8H2,(H,20,21);1H. The first kappa shape index (κ1) is 18.7. The largest absolute Gasteiger partial charge is 0.419 e. The lowest BCUT2D eigenvalue weighted by Gasteiger charge is -2.23. The first-order chi connectivity index (χ1) is 9.89. The van der Waals surface area contributed by atoms with E-state index in [-0.39, 0.29) is 18.3 Å². The normalized spacial score (nSPS) is 18.5. The molecule has 0 aliphatic carbocycles. The van der Waals surface area contributed by atoms with E-state index in [2.05, 4.69) is 10.6 Å². The van der Waals surface area contributed by atoms with Crippen molar-refractivity contribution in [2.45, 2.75) is 19.0 Å². The molecule has 1 aromatic rings. The van der Waals surface area contributed by atoms with Crippen molar-refractivity contribution in [3.8, 4) is 0 Å². The Morgan fingerprint density at radius 1 is 1.36 bits per heavy atom. The van der Waals surface area contributed by atoms with Crippen LogP contribution in [-0.4, -0.2) is 25.5 Å². The van der Waals surface area contributed by atoms with Crippen LogP contribution >= 0.6 is 12.4 Å². The highest BCUT2D eigenvalue weighted by atomic mass is 35.5. The average molecular weight is 341 g/mol. The number of alkyl halides is 3. The number of nitrogens with one attached hydrogen (secondary N) is 2. The van der Waals surface area contributed by atoms with Crippen LogP contribution in [-0.2, 0) is 6.18 Å². The molecule has 1 atom stereocenters. The second-order valence-electron chi connectivity index (χ2n) is 5.09. The van der Waals surface area contributed by atoms with E-state index < -0.39 is 29.0 Å².